The Hall–Kier alpha value is -3.82. The van der Waals surface area contributed by atoms with E-state index in [1.165, 1.54) is 20.0 Å². The summed E-state index contributed by atoms with van der Waals surface area (Å²) in [4.78, 5) is 39.4. The van der Waals surface area contributed by atoms with Crippen molar-refractivity contribution < 1.29 is 9.53 Å². The maximum atomic E-state index is 13.5. The fourth-order valence-electron chi connectivity index (χ4n) is 3.47. The highest BCUT2D eigenvalue weighted by Crippen LogP contribution is 2.21. The van der Waals surface area contributed by atoms with Gasteiger partial charge in [-0.15, -0.1) is 5.10 Å². The van der Waals surface area contributed by atoms with E-state index in [1.807, 2.05) is 26.8 Å². The van der Waals surface area contributed by atoms with E-state index in [1.54, 1.807) is 31.2 Å². The number of aromatic nitrogens is 6. The van der Waals surface area contributed by atoms with Gasteiger partial charge in [-0.1, -0.05) is 44.2 Å². The van der Waals surface area contributed by atoms with Crippen LogP contribution < -0.4 is 11.1 Å². The number of fused-ring (bicyclic) bond motifs is 3. The molecule has 0 atom stereocenters. The molecule has 3 heterocycles. The molecule has 0 aliphatic heterocycles. The zero-order valence-corrected chi connectivity index (χ0v) is 18.4. The first-order chi connectivity index (χ1) is 15.2. The number of benzene rings is 1. The van der Waals surface area contributed by atoms with E-state index in [-0.39, 0.29) is 40.8 Å². The summed E-state index contributed by atoms with van der Waals surface area (Å²) in [6.45, 7) is 8.22. The summed E-state index contributed by atoms with van der Waals surface area (Å²) in [6.07, 6.45) is 2.08. The number of aryl methyl sites for hydroxylation is 1. The molecule has 0 radical (unpaired) electrons. The van der Waals surface area contributed by atoms with Crippen molar-refractivity contribution >= 4 is 22.5 Å². The second-order valence-corrected chi connectivity index (χ2v) is 8.62. The Morgan fingerprint density at radius 1 is 1.06 bits per heavy atom. The van der Waals surface area contributed by atoms with Gasteiger partial charge in [0.2, 0.25) is 5.69 Å². The number of rotatable bonds is 5. The third kappa shape index (κ3) is 3.68. The van der Waals surface area contributed by atoms with E-state index in [4.69, 9.17) is 4.74 Å². The Bertz CT molecular complexity index is 1430. The zero-order valence-electron chi connectivity index (χ0n) is 18.4. The zero-order chi connectivity index (χ0) is 23.0. The summed E-state index contributed by atoms with van der Waals surface area (Å²) in [5.74, 6) is -0.744. The highest BCUT2D eigenvalue weighted by molar-refractivity contribution is 5.95. The minimum atomic E-state index is -0.744. The lowest BCUT2D eigenvalue weighted by molar-refractivity contribution is 0.0521. The van der Waals surface area contributed by atoms with Gasteiger partial charge in [-0.05, 0) is 30.9 Å². The molecule has 4 aromatic rings. The van der Waals surface area contributed by atoms with Crippen LogP contribution in [0.5, 0.6) is 0 Å². The summed E-state index contributed by atoms with van der Waals surface area (Å²) in [5, 5.41) is 12.1. The number of para-hydroxylation sites is 1. The number of hydrogen-bond acceptors (Lipinski definition) is 7. The Balaban J connectivity index is 2.08. The van der Waals surface area contributed by atoms with Crippen molar-refractivity contribution in [1.82, 2.24) is 29.2 Å². The maximum absolute atomic E-state index is 13.5. The van der Waals surface area contributed by atoms with Crippen LogP contribution in [0.4, 0.5) is 0 Å². The monoisotopic (exact) mass is 436 g/mol. The minimum absolute atomic E-state index is 0.0384. The number of ether oxygens (including phenoxy) is 1. The van der Waals surface area contributed by atoms with Gasteiger partial charge in [0.25, 0.3) is 11.1 Å². The molecule has 10 heteroatoms. The van der Waals surface area contributed by atoms with E-state index in [9.17, 15) is 14.4 Å². The van der Waals surface area contributed by atoms with Gasteiger partial charge in [-0.25, -0.2) is 9.31 Å². The molecule has 0 spiro atoms. The quantitative estimate of drug-likeness (QED) is 0.441. The lowest BCUT2D eigenvalue weighted by Gasteiger charge is -2.20. The SMILES string of the molecule is CCOC(=O)c1nnn2c1c(=O)n(CCC(C)(C)C)c1c(=O)n(-c3ccccc3)ncc12. The largest absolute Gasteiger partial charge is 0.461 e. The first kappa shape index (κ1) is 21.4. The summed E-state index contributed by atoms with van der Waals surface area (Å²) in [6, 6.07) is 8.94. The van der Waals surface area contributed by atoms with Crippen LogP contribution in [0.15, 0.2) is 46.1 Å². The van der Waals surface area contributed by atoms with Crippen LogP contribution in [-0.2, 0) is 11.3 Å². The topological polar surface area (TPSA) is 113 Å². The van der Waals surface area contributed by atoms with Crippen molar-refractivity contribution in [1.29, 1.82) is 0 Å². The van der Waals surface area contributed by atoms with Crippen molar-refractivity contribution in [2.45, 2.75) is 40.7 Å². The summed E-state index contributed by atoms with van der Waals surface area (Å²) >= 11 is 0. The minimum Gasteiger partial charge on any atom is -0.461 e. The standard InChI is InChI=1S/C22H24N6O4/c1-5-32-21(31)16-18-19(29)26(12-11-22(2,3)4)17-15(28(18)25-24-16)13-23-27(20(17)30)14-9-7-6-8-10-14/h6-10,13H,5,11-12H2,1-4H3. The number of carbonyl (C=O) groups excluding carboxylic acids is 1. The fourth-order valence-corrected chi connectivity index (χ4v) is 3.47. The van der Waals surface area contributed by atoms with Crippen LogP contribution in [0.1, 0.15) is 44.6 Å². The smallest absolute Gasteiger partial charge is 0.361 e. The maximum Gasteiger partial charge on any atom is 0.361 e. The van der Waals surface area contributed by atoms with Gasteiger partial charge in [0, 0.05) is 6.54 Å². The van der Waals surface area contributed by atoms with Crippen molar-refractivity contribution in [3.05, 3.63) is 62.9 Å². The molecular weight excluding hydrogens is 412 g/mol. The summed E-state index contributed by atoms with van der Waals surface area (Å²) < 4.78 is 8.86. The van der Waals surface area contributed by atoms with E-state index in [2.05, 4.69) is 15.4 Å². The van der Waals surface area contributed by atoms with Gasteiger partial charge >= 0.3 is 5.97 Å². The van der Waals surface area contributed by atoms with Gasteiger partial charge in [0.05, 0.1) is 18.5 Å². The van der Waals surface area contributed by atoms with Crippen molar-refractivity contribution in [2.75, 3.05) is 6.61 Å². The summed E-state index contributed by atoms with van der Waals surface area (Å²) in [7, 11) is 0. The lowest BCUT2D eigenvalue weighted by atomic mass is 9.92. The second kappa shape index (κ2) is 8.03. The van der Waals surface area contributed by atoms with Gasteiger partial charge in [-0.3, -0.25) is 9.59 Å². The van der Waals surface area contributed by atoms with Crippen molar-refractivity contribution in [2.24, 2.45) is 5.41 Å². The average Bonchev–Trinajstić information content (AvgIpc) is 3.20. The lowest BCUT2D eigenvalue weighted by Crippen LogP contribution is -2.33. The number of hydrogen-bond donors (Lipinski definition) is 0. The van der Waals surface area contributed by atoms with Crippen molar-refractivity contribution in [3.63, 3.8) is 0 Å². The van der Waals surface area contributed by atoms with Crippen LogP contribution >= 0.6 is 0 Å². The Labute approximate surface area is 183 Å². The van der Waals surface area contributed by atoms with Gasteiger partial charge < -0.3 is 9.30 Å². The van der Waals surface area contributed by atoms with E-state index >= 15 is 0 Å². The van der Waals surface area contributed by atoms with Crippen molar-refractivity contribution in [3.8, 4) is 5.69 Å². The number of esters is 1. The van der Waals surface area contributed by atoms with Crippen LogP contribution in [0, 0.1) is 5.41 Å². The highest BCUT2D eigenvalue weighted by Gasteiger charge is 2.25. The molecule has 0 bridgehead atoms. The summed E-state index contributed by atoms with van der Waals surface area (Å²) in [5.41, 5.74) is -0.308. The molecule has 0 aliphatic rings. The molecule has 0 saturated carbocycles. The molecular formula is C22H24N6O4. The number of carbonyl (C=O) groups is 1. The normalized spacial score (nSPS) is 11.9. The molecule has 0 fully saturated rings. The molecule has 0 amide bonds. The third-order valence-electron chi connectivity index (χ3n) is 5.10. The molecule has 166 valence electrons. The van der Waals surface area contributed by atoms with E-state index < -0.39 is 17.1 Å². The van der Waals surface area contributed by atoms with Crippen LogP contribution in [0.3, 0.4) is 0 Å². The second-order valence-electron chi connectivity index (χ2n) is 8.62. The molecule has 0 unspecified atom stereocenters. The molecule has 0 N–H and O–H groups in total. The average molecular weight is 436 g/mol. The molecule has 3 aromatic heterocycles. The van der Waals surface area contributed by atoms with Crippen LogP contribution in [0.2, 0.25) is 0 Å². The van der Waals surface area contributed by atoms with Gasteiger partial charge in [-0.2, -0.15) is 9.78 Å². The first-order valence-electron chi connectivity index (χ1n) is 10.4. The molecule has 32 heavy (non-hydrogen) atoms. The van der Waals surface area contributed by atoms with Gasteiger partial charge in [0.1, 0.15) is 11.0 Å². The number of nitrogens with zero attached hydrogens (tertiary/aromatic N) is 6. The van der Waals surface area contributed by atoms with E-state index in [0.717, 1.165) is 0 Å². The molecule has 1 aromatic carbocycles. The van der Waals surface area contributed by atoms with Crippen LogP contribution in [-0.4, -0.2) is 41.8 Å². The third-order valence-corrected chi connectivity index (χ3v) is 5.10. The van der Waals surface area contributed by atoms with Gasteiger partial charge in [0.15, 0.2) is 5.52 Å². The molecule has 0 saturated heterocycles. The predicted molar refractivity (Wildman–Crippen MR) is 118 cm³/mol. The Morgan fingerprint density at radius 2 is 1.78 bits per heavy atom. The first-order valence-corrected chi connectivity index (χ1v) is 10.4. The molecule has 4 rings (SSSR count). The Morgan fingerprint density at radius 3 is 2.44 bits per heavy atom. The fraction of sp³-hybridized carbons (Fsp3) is 0.364. The predicted octanol–water partition coefficient (Wildman–Crippen LogP) is 2.20. The molecule has 10 nitrogen and oxygen atoms in total. The Kier molecular flexibility index (Phi) is 5.37. The highest BCUT2D eigenvalue weighted by atomic mass is 16.5. The van der Waals surface area contributed by atoms with Crippen LogP contribution in [0.25, 0.3) is 22.2 Å². The van der Waals surface area contributed by atoms with E-state index in [0.29, 0.717) is 12.1 Å². The molecule has 0 aliphatic carbocycles.